The van der Waals surface area contributed by atoms with E-state index in [4.69, 9.17) is 11.6 Å². The first-order chi connectivity index (χ1) is 14.9. The summed E-state index contributed by atoms with van der Waals surface area (Å²) < 4.78 is 40.8. The Kier molecular flexibility index (Phi) is 9.13. The van der Waals surface area contributed by atoms with E-state index < -0.39 is 21.6 Å². The topological polar surface area (TPSA) is 69.7 Å². The standard InChI is InChI=1S/C22H33ClFN3O3S/c23-20-7-5-8-21(24)19(20)17-31(29,30)27-15-9-18(10-16-27)22(28)25-11-6-14-26-12-3-1-2-4-13-26/h5,7-8,18H,1-4,6,9-17H2,(H,25,28). The van der Waals surface area contributed by atoms with Crippen molar-refractivity contribution in [3.8, 4) is 0 Å². The fourth-order valence-electron chi connectivity index (χ4n) is 4.36. The molecular weight excluding hydrogens is 441 g/mol. The summed E-state index contributed by atoms with van der Waals surface area (Å²) >= 11 is 5.98. The predicted octanol–water partition coefficient (Wildman–Crippen LogP) is 3.40. The van der Waals surface area contributed by atoms with Crippen LogP contribution in [0.5, 0.6) is 0 Å². The first-order valence-electron chi connectivity index (χ1n) is 11.3. The molecule has 0 aliphatic carbocycles. The quantitative estimate of drug-likeness (QED) is 0.587. The first kappa shape index (κ1) is 24.4. The highest BCUT2D eigenvalue weighted by molar-refractivity contribution is 7.88. The van der Waals surface area contributed by atoms with Crippen LogP contribution in [0.3, 0.4) is 0 Å². The molecule has 1 amide bonds. The Morgan fingerprint density at radius 1 is 1.10 bits per heavy atom. The lowest BCUT2D eigenvalue weighted by Crippen LogP contribution is -2.43. The van der Waals surface area contributed by atoms with E-state index in [9.17, 15) is 17.6 Å². The summed E-state index contributed by atoms with van der Waals surface area (Å²) in [6.45, 7) is 4.49. The van der Waals surface area contributed by atoms with Crippen molar-refractivity contribution in [1.29, 1.82) is 0 Å². The third kappa shape index (κ3) is 7.14. The van der Waals surface area contributed by atoms with Gasteiger partial charge in [-0.25, -0.2) is 17.1 Å². The third-order valence-corrected chi connectivity index (χ3v) is 8.42. The van der Waals surface area contributed by atoms with E-state index in [1.165, 1.54) is 48.2 Å². The molecule has 174 valence electrons. The van der Waals surface area contributed by atoms with Gasteiger partial charge in [-0.1, -0.05) is 30.5 Å². The molecule has 6 nitrogen and oxygen atoms in total. The molecule has 2 aliphatic rings. The number of sulfonamides is 1. The smallest absolute Gasteiger partial charge is 0.223 e. The number of nitrogens with one attached hydrogen (secondary N) is 1. The number of carbonyl (C=O) groups excluding carboxylic acids is 1. The van der Waals surface area contributed by atoms with Crippen LogP contribution in [0, 0.1) is 11.7 Å². The van der Waals surface area contributed by atoms with Crippen LogP contribution in [0.25, 0.3) is 0 Å². The molecule has 1 N–H and O–H groups in total. The molecule has 0 aromatic heterocycles. The molecule has 2 heterocycles. The second-order valence-electron chi connectivity index (χ2n) is 8.53. The van der Waals surface area contributed by atoms with Crippen molar-refractivity contribution in [2.45, 2.75) is 50.7 Å². The molecule has 0 saturated carbocycles. The van der Waals surface area contributed by atoms with Gasteiger partial charge >= 0.3 is 0 Å². The van der Waals surface area contributed by atoms with Gasteiger partial charge in [0.25, 0.3) is 0 Å². The molecular formula is C22H33ClFN3O3S. The number of hydrogen-bond acceptors (Lipinski definition) is 4. The van der Waals surface area contributed by atoms with Crippen LogP contribution in [0.2, 0.25) is 5.02 Å². The Morgan fingerprint density at radius 2 is 1.77 bits per heavy atom. The van der Waals surface area contributed by atoms with Crippen molar-refractivity contribution in [3.05, 3.63) is 34.6 Å². The van der Waals surface area contributed by atoms with Crippen LogP contribution in [-0.4, -0.2) is 62.8 Å². The predicted molar refractivity (Wildman–Crippen MR) is 121 cm³/mol. The number of nitrogens with zero attached hydrogens (tertiary/aromatic N) is 2. The van der Waals surface area contributed by atoms with Crippen molar-refractivity contribution in [2.24, 2.45) is 5.92 Å². The van der Waals surface area contributed by atoms with Crippen LogP contribution in [-0.2, 0) is 20.6 Å². The van der Waals surface area contributed by atoms with Gasteiger partial charge in [-0.15, -0.1) is 0 Å². The second-order valence-corrected chi connectivity index (χ2v) is 10.9. The summed E-state index contributed by atoms with van der Waals surface area (Å²) in [5.74, 6) is -1.26. The largest absolute Gasteiger partial charge is 0.356 e. The van der Waals surface area contributed by atoms with Gasteiger partial charge in [0.15, 0.2) is 0 Å². The van der Waals surface area contributed by atoms with Gasteiger partial charge in [-0.3, -0.25) is 4.79 Å². The Hall–Kier alpha value is -1.22. The molecule has 1 aromatic rings. The van der Waals surface area contributed by atoms with Gasteiger partial charge in [0.05, 0.1) is 5.75 Å². The maximum Gasteiger partial charge on any atom is 0.223 e. The SMILES string of the molecule is O=C(NCCCN1CCCCCC1)C1CCN(S(=O)(=O)Cc2c(F)cccc2Cl)CC1. The van der Waals surface area contributed by atoms with E-state index in [-0.39, 0.29) is 35.5 Å². The van der Waals surface area contributed by atoms with Gasteiger partial charge < -0.3 is 10.2 Å². The van der Waals surface area contributed by atoms with Gasteiger partial charge in [-0.2, -0.15) is 0 Å². The third-order valence-electron chi connectivity index (χ3n) is 6.26. The normalized spacial score (nSPS) is 19.8. The molecule has 3 rings (SSSR count). The maximum atomic E-state index is 14.0. The molecule has 31 heavy (non-hydrogen) atoms. The molecule has 0 bridgehead atoms. The van der Waals surface area contributed by atoms with E-state index >= 15 is 0 Å². The summed E-state index contributed by atoms with van der Waals surface area (Å²) in [5, 5.41) is 3.12. The number of benzene rings is 1. The van der Waals surface area contributed by atoms with Crippen molar-refractivity contribution >= 4 is 27.5 Å². The van der Waals surface area contributed by atoms with Crippen LogP contribution in [0.1, 0.15) is 50.5 Å². The lowest BCUT2D eigenvalue weighted by atomic mass is 9.97. The van der Waals surface area contributed by atoms with Crippen molar-refractivity contribution in [1.82, 2.24) is 14.5 Å². The number of piperidine rings is 1. The minimum Gasteiger partial charge on any atom is -0.356 e. The molecule has 0 radical (unpaired) electrons. The van der Waals surface area contributed by atoms with Gasteiger partial charge in [-0.05, 0) is 63.9 Å². The zero-order valence-electron chi connectivity index (χ0n) is 18.0. The molecule has 0 unspecified atom stereocenters. The van der Waals surface area contributed by atoms with Crippen LogP contribution in [0.4, 0.5) is 4.39 Å². The number of rotatable bonds is 8. The fraction of sp³-hybridized carbons (Fsp3) is 0.682. The highest BCUT2D eigenvalue weighted by atomic mass is 35.5. The number of carbonyl (C=O) groups is 1. The maximum absolute atomic E-state index is 14.0. The Balaban J connectivity index is 1.40. The van der Waals surface area contributed by atoms with E-state index in [0.717, 1.165) is 26.1 Å². The van der Waals surface area contributed by atoms with Gasteiger partial charge in [0, 0.05) is 36.1 Å². The van der Waals surface area contributed by atoms with E-state index in [1.807, 2.05) is 0 Å². The zero-order chi connectivity index (χ0) is 22.3. The van der Waals surface area contributed by atoms with Gasteiger partial charge in [0.1, 0.15) is 5.82 Å². The van der Waals surface area contributed by atoms with Gasteiger partial charge in [0.2, 0.25) is 15.9 Å². The lowest BCUT2D eigenvalue weighted by Gasteiger charge is -2.30. The van der Waals surface area contributed by atoms with Crippen molar-refractivity contribution in [2.75, 3.05) is 39.3 Å². The molecule has 0 spiro atoms. The first-order valence-corrected chi connectivity index (χ1v) is 13.3. The van der Waals surface area contributed by atoms with Crippen LogP contribution < -0.4 is 5.32 Å². The number of likely N-dealkylation sites (tertiary alicyclic amines) is 1. The minimum atomic E-state index is -3.70. The summed E-state index contributed by atoms with van der Waals surface area (Å²) in [7, 11) is -3.70. The average molecular weight is 474 g/mol. The number of amides is 1. The average Bonchev–Trinajstić information content (AvgIpc) is 3.03. The Labute approximate surface area is 190 Å². The fourth-order valence-corrected chi connectivity index (χ4v) is 6.28. The molecule has 1 aromatic carbocycles. The zero-order valence-corrected chi connectivity index (χ0v) is 19.6. The molecule has 2 aliphatic heterocycles. The molecule has 9 heteroatoms. The summed E-state index contributed by atoms with van der Waals surface area (Å²) in [6, 6.07) is 4.14. The van der Waals surface area contributed by atoms with E-state index in [0.29, 0.717) is 19.4 Å². The van der Waals surface area contributed by atoms with E-state index in [2.05, 4.69) is 10.2 Å². The number of halogens is 2. The van der Waals surface area contributed by atoms with Crippen LogP contribution in [0.15, 0.2) is 18.2 Å². The summed E-state index contributed by atoms with van der Waals surface area (Å²) in [5.41, 5.74) is -0.00607. The Morgan fingerprint density at radius 3 is 2.42 bits per heavy atom. The highest BCUT2D eigenvalue weighted by Crippen LogP contribution is 2.26. The van der Waals surface area contributed by atoms with E-state index in [1.54, 1.807) is 0 Å². The molecule has 2 fully saturated rings. The molecule has 0 atom stereocenters. The minimum absolute atomic E-state index is 0.00469. The lowest BCUT2D eigenvalue weighted by molar-refractivity contribution is -0.126. The highest BCUT2D eigenvalue weighted by Gasteiger charge is 2.32. The van der Waals surface area contributed by atoms with Crippen molar-refractivity contribution < 1.29 is 17.6 Å². The number of hydrogen-bond donors (Lipinski definition) is 1. The second kappa shape index (κ2) is 11.6. The van der Waals surface area contributed by atoms with Crippen LogP contribution >= 0.6 is 11.6 Å². The Bertz CT molecular complexity index is 816. The molecule has 2 saturated heterocycles. The van der Waals surface area contributed by atoms with Crippen molar-refractivity contribution in [3.63, 3.8) is 0 Å². The summed E-state index contributed by atoms with van der Waals surface area (Å²) in [4.78, 5) is 15.0. The monoisotopic (exact) mass is 473 g/mol. The summed E-state index contributed by atoms with van der Waals surface area (Å²) in [6.07, 6.45) is 7.03.